The Labute approximate surface area is 200 Å². The number of aliphatic imine (C=N–C) groups is 1. The van der Waals surface area contributed by atoms with Gasteiger partial charge in [0.25, 0.3) is 12.3 Å². The number of hydrogen-bond donors (Lipinski definition) is 2. The van der Waals surface area contributed by atoms with Gasteiger partial charge in [0.2, 0.25) is 0 Å². The Kier molecular flexibility index (Phi) is 6.18. The van der Waals surface area contributed by atoms with Gasteiger partial charge < -0.3 is 15.8 Å². The molecule has 0 saturated heterocycles. The van der Waals surface area contributed by atoms with Crippen LogP contribution in [0.25, 0.3) is 0 Å². The van der Waals surface area contributed by atoms with Gasteiger partial charge in [-0.25, -0.2) is 18.2 Å². The van der Waals surface area contributed by atoms with Crippen LogP contribution in [0.2, 0.25) is 0 Å². The maximum Gasteiger partial charge on any atom is 0.422 e. The van der Waals surface area contributed by atoms with Crippen molar-refractivity contribution in [1.29, 1.82) is 0 Å². The average molecular weight is 518 g/mol. The zero-order valence-corrected chi connectivity index (χ0v) is 19.2. The zero-order valence-electron chi connectivity index (χ0n) is 18.4. The number of aryl methyl sites for hydroxylation is 1. The molecule has 6 nitrogen and oxygen atoms in total. The molecular formula is C22H20F6N4O2S. The Bertz CT molecular complexity index is 1210. The smallest absolute Gasteiger partial charge is 0.422 e. The van der Waals surface area contributed by atoms with Gasteiger partial charge in [0, 0.05) is 17.2 Å². The number of nitrogens with zero attached hydrogens (tertiary/aromatic N) is 2. The fourth-order valence-corrected chi connectivity index (χ4v) is 5.65. The van der Waals surface area contributed by atoms with E-state index in [1.165, 1.54) is 32.0 Å². The molecule has 4 rings (SSSR count). The monoisotopic (exact) mass is 518 g/mol. The van der Waals surface area contributed by atoms with Gasteiger partial charge in [0.15, 0.2) is 11.8 Å². The number of anilines is 1. The first-order valence-electron chi connectivity index (χ1n) is 10.4. The number of fused-ring (bicyclic) bond motifs is 1. The molecule has 13 heteroatoms. The van der Waals surface area contributed by atoms with Crippen molar-refractivity contribution in [2.45, 2.75) is 43.2 Å². The van der Waals surface area contributed by atoms with Crippen molar-refractivity contribution in [3.8, 4) is 5.75 Å². The maximum atomic E-state index is 14.8. The minimum atomic E-state index is -4.53. The summed E-state index contributed by atoms with van der Waals surface area (Å²) >= 11 is 0.798. The first-order valence-corrected chi connectivity index (χ1v) is 11.2. The van der Waals surface area contributed by atoms with Crippen molar-refractivity contribution in [1.82, 2.24) is 4.98 Å². The molecule has 0 bridgehead atoms. The number of carbonyl (C=O) groups is 1. The lowest BCUT2D eigenvalue weighted by Gasteiger charge is -2.34. The predicted molar refractivity (Wildman–Crippen MR) is 118 cm³/mol. The highest BCUT2D eigenvalue weighted by atomic mass is 32.2. The number of amidine groups is 1. The number of amides is 1. The van der Waals surface area contributed by atoms with Gasteiger partial charge in [-0.15, -0.1) is 0 Å². The van der Waals surface area contributed by atoms with Crippen molar-refractivity contribution in [3.63, 3.8) is 0 Å². The molecule has 1 aliphatic carbocycles. The summed E-state index contributed by atoms with van der Waals surface area (Å²) in [6.07, 6.45) is -6.10. The summed E-state index contributed by atoms with van der Waals surface area (Å²) in [4.78, 5) is 20.9. The molecule has 3 atom stereocenters. The van der Waals surface area contributed by atoms with E-state index in [0.29, 0.717) is 0 Å². The number of nitrogens with one attached hydrogen (secondary N) is 1. The third kappa shape index (κ3) is 4.78. The van der Waals surface area contributed by atoms with Crippen LogP contribution in [0.5, 0.6) is 5.75 Å². The van der Waals surface area contributed by atoms with E-state index in [4.69, 9.17) is 5.73 Å². The third-order valence-corrected chi connectivity index (χ3v) is 7.39. The molecular weight excluding hydrogens is 498 g/mol. The minimum Gasteiger partial charge on any atom is -0.482 e. The van der Waals surface area contributed by atoms with Crippen LogP contribution in [0.4, 0.5) is 32.0 Å². The third-order valence-electron chi connectivity index (χ3n) is 6.08. The Balaban J connectivity index is 1.56. The molecule has 35 heavy (non-hydrogen) atoms. The number of pyridine rings is 1. The van der Waals surface area contributed by atoms with Crippen LogP contribution < -0.4 is 15.8 Å². The summed E-state index contributed by atoms with van der Waals surface area (Å²) in [5, 5.41) is 2.48. The largest absolute Gasteiger partial charge is 0.482 e. The number of hydrogen-bond acceptors (Lipinski definition) is 6. The lowest BCUT2D eigenvalue weighted by molar-refractivity contribution is -0.153. The molecule has 188 valence electrons. The molecule has 1 saturated carbocycles. The normalized spacial score (nSPS) is 25.6. The lowest BCUT2D eigenvalue weighted by Crippen LogP contribution is -2.38. The molecule has 1 aliphatic heterocycles. The molecule has 2 aromatic rings. The molecule has 2 heterocycles. The number of nitrogens with two attached hydrogens (primary N) is 1. The summed E-state index contributed by atoms with van der Waals surface area (Å²) in [6.45, 7) is 1.49. The van der Waals surface area contributed by atoms with Crippen LogP contribution >= 0.6 is 11.8 Å². The van der Waals surface area contributed by atoms with Crippen molar-refractivity contribution >= 4 is 28.5 Å². The van der Waals surface area contributed by atoms with E-state index in [1.54, 1.807) is 0 Å². The fraction of sp³-hybridized carbons (Fsp3) is 0.409. The van der Waals surface area contributed by atoms with Gasteiger partial charge in [-0.2, -0.15) is 13.2 Å². The Morgan fingerprint density at radius 2 is 2.06 bits per heavy atom. The number of carbonyl (C=O) groups excluding carboxylic acids is 1. The number of halogens is 6. The van der Waals surface area contributed by atoms with Crippen LogP contribution in [0.3, 0.4) is 0 Å². The minimum absolute atomic E-state index is 0.00616. The van der Waals surface area contributed by atoms with Gasteiger partial charge in [0.05, 0.1) is 16.5 Å². The summed E-state index contributed by atoms with van der Waals surface area (Å²) in [5.41, 5.74) is 4.78. The molecule has 1 aromatic carbocycles. The first-order chi connectivity index (χ1) is 16.2. The molecule has 1 amide bonds. The van der Waals surface area contributed by atoms with Gasteiger partial charge in [-0.1, -0.05) is 11.8 Å². The molecule has 0 unspecified atom stereocenters. The van der Waals surface area contributed by atoms with Crippen LogP contribution in [0.1, 0.15) is 35.0 Å². The number of aromatic nitrogens is 1. The molecule has 0 spiro atoms. The van der Waals surface area contributed by atoms with Crippen molar-refractivity contribution < 1.29 is 35.9 Å². The topological polar surface area (TPSA) is 89.6 Å². The summed E-state index contributed by atoms with van der Waals surface area (Å²) in [6, 6.07) is 4.92. The quantitative estimate of drug-likeness (QED) is 0.524. The molecule has 2 aliphatic rings. The van der Waals surface area contributed by atoms with Gasteiger partial charge in [0.1, 0.15) is 17.3 Å². The van der Waals surface area contributed by atoms with Gasteiger partial charge in [-0.05, 0) is 50.1 Å². The van der Waals surface area contributed by atoms with Crippen molar-refractivity contribution in [2.24, 2.45) is 16.6 Å². The fourth-order valence-electron chi connectivity index (χ4n) is 4.32. The highest BCUT2D eigenvalue weighted by Gasteiger charge is 2.71. The zero-order chi connectivity index (χ0) is 25.8. The molecule has 1 fully saturated rings. The van der Waals surface area contributed by atoms with E-state index in [1.807, 2.05) is 0 Å². The number of rotatable bonds is 6. The summed E-state index contributed by atoms with van der Waals surface area (Å²) < 4.78 is 82.5. The molecule has 0 radical (unpaired) electrons. The van der Waals surface area contributed by atoms with E-state index >= 15 is 0 Å². The second-order valence-corrected chi connectivity index (χ2v) is 9.98. The SMILES string of the molecule is Cc1cc(OCC(F)(F)F)cnc1C(=O)Nc1ccc(F)c([C@]2(C)N=C(N)S[C@@]3(C(F)F)C[C@@H]23)c1. The number of thioether (sulfide) groups is 1. The van der Waals surface area contributed by atoms with E-state index in [2.05, 4.69) is 20.0 Å². The lowest BCUT2D eigenvalue weighted by atomic mass is 9.85. The maximum absolute atomic E-state index is 14.8. The number of benzene rings is 1. The second kappa shape index (κ2) is 8.61. The van der Waals surface area contributed by atoms with Crippen molar-refractivity contribution in [2.75, 3.05) is 11.9 Å². The Morgan fingerprint density at radius 1 is 1.34 bits per heavy atom. The highest BCUT2D eigenvalue weighted by Crippen LogP contribution is 2.68. The number of alkyl halides is 5. The Morgan fingerprint density at radius 3 is 2.69 bits per heavy atom. The van der Waals surface area contributed by atoms with E-state index in [0.717, 1.165) is 24.0 Å². The van der Waals surface area contributed by atoms with Crippen LogP contribution in [0.15, 0.2) is 35.5 Å². The van der Waals surface area contributed by atoms with Gasteiger partial charge >= 0.3 is 6.18 Å². The summed E-state index contributed by atoms with van der Waals surface area (Å²) in [5.74, 6) is -2.21. The van der Waals surface area contributed by atoms with Crippen LogP contribution in [0, 0.1) is 18.7 Å². The van der Waals surface area contributed by atoms with Gasteiger partial charge in [-0.3, -0.25) is 9.79 Å². The van der Waals surface area contributed by atoms with Crippen LogP contribution in [-0.4, -0.2) is 40.0 Å². The highest BCUT2D eigenvalue weighted by molar-refractivity contribution is 8.15. The standard InChI is InChI=1S/C22H20F6N4O2S/c1-10-5-12(34-9-22(26,27)28)8-30-16(10)17(33)31-11-3-4-14(23)13(6-11)20(2)15-7-21(15,18(24)25)35-19(29)32-20/h3-6,8,15,18H,7,9H2,1-2H3,(H2,29,32)(H,31,33)/t15-,20-,21-/m0/s1. The average Bonchev–Trinajstić information content (AvgIpc) is 3.50. The van der Waals surface area contributed by atoms with E-state index in [9.17, 15) is 31.1 Å². The second-order valence-electron chi connectivity index (χ2n) is 8.60. The predicted octanol–water partition coefficient (Wildman–Crippen LogP) is 5.02. The Hall–Kier alpha value is -2.96. The summed E-state index contributed by atoms with van der Waals surface area (Å²) in [7, 11) is 0. The van der Waals surface area contributed by atoms with E-state index in [-0.39, 0.29) is 39.8 Å². The molecule has 1 aromatic heterocycles. The number of ether oxygens (including phenoxy) is 1. The van der Waals surface area contributed by atoms with Crippen molar-refractivity contribution in [3.05, 3.63) is 53.1 Å². The first kappa shape index (κ1) is 25.1. The van der Waals surface area contributed by atoms with E-state index < -0.39 is 47.1 Å². The van der Waals surface area contributed by atoms with Crippen LogP contribution in [-0.2, 0) is 5.54 Å². The molecule has 3 N–H and O–H groups in total.